The van der Waals surface area contributed by atoms with Crippen molar-refractivity contribution in [3.05, 3.63) is 54.2 Å². The summed E-state index contributed by atoms with van der Waals surface area (Å²) in [6, 6.07) is 9.76. The smallest absolute Gasteiger partial charge is 0.387 e. The van der Waals surface area contributed by atoms with E-state index in [2.05, 4.69) is 15.0 Å². The predicted molar refractivity (Wildman–Crippen MR) is 98.0 cm³/mol. The van der Waals surface area contributed by atoms with Crippen LogP contribution in [0.1, 0.15) is 5.56 Å². The minimum atomic E-state index is -2.93. The molecule has 1 aromatic heterocycles. The molecule has 3 rings (SSSR count). The number of ether oxygens (including phenoxy) is 2. The Balaban J connectivity index is 1.71. The number of carbonyl (C=O) groups is 1. The summed E-state index contributed by atoms with van der Waals surface area (Å²) in [4.78, 5) is 18.7. The van der Waals surface area contributed by atoms with Gasteiger partial charge < -0.3 is 19.7 Å². The molecule has 1 amide bonds. The fraction of sp³-hybridized carbons (Fsp3) is 0.263. The van der Waals surface area contributed by atoms with E-state index in [4.69, 9.17) is 4.74 Å². The third-order valence-electron chi connectivity index (χ3n) is 3.90. The Kier molecular flexibility index (Phi) is 6.32. The molecule has 1 fully saturated rings. The molecule has 142 valence electrons. The number of benzene rings is 1. The van der Waals surface area contributed by atoms with Gasteiger partial charge in [-0.15, -0.1) is 0 Å². The average molecular weight is 375 g/mol. The number of para-hydroxylation sites is 1. The number of carbonyl (C=O) groups excluding carboxylic acids is 1. The van der Waals surface area contributed by atoms with E-state index in [9.17, 15) is 13.6 Å². The van der Waals surface area contributed by atoms with E-state index >= 15 is 0 Å². The van der Waals surface area contributed by atoms with Crippen LogP contribution in [0.25, 0.3) is 6.08 Å². The van der Waals surface area contributed by atoms with Crippen molar-refractivity contribution in [1.82, 2.24) is 4.98 Å². The summed E-state index contributed by atoms with van der Waals surface area (Å²) in [5.41, 5.74) is 0.957. The summed E-state index contributed by atoms with van der Waals surface area (Å²) in [5.74, 6) is 0.278. The van der Waals surface area contributed by atoms with Crippen LogP contribution in [-0.2, 0) is 9.53 Å². The highest BCUT2D eigenvalue weighted by Gasteiger charge is 2.16. The average Bonchev–Trinajstić information content (AvgIpc) is 2.68. The molecule has 0 unspecified atom stereocenters. The topological polar surface area (TPSA) is 63.7 Å². The highest BCUT2D eigenvalue weighted by Crippen LogP contribution is 2.24. The number of aromatic nitrogens is 1. The number of hydrogen-bond donors (Lipinski definition) is 1. The van der Waals surface area contributed by atoms with Gasteiger partial charge >= 0.3 is 6.61 Å². The fourth-order valence-electron chi connectivity index (χ4n) is 2.68. The monoisotopic (exact) mass is 375 g/mol. The number of hydrogen-bond acceptors (Lipinski definition) is 5. The Morgan fingerprint density at radius 2 is 2.00 bits per heavy atom. The Morgan fingerprint density at radius 3 is 2.78 bits per heavy atom. The summed E-state index contributed by atoms with van der Waals surface area (Å²) in [5, 5.41) is 2.78. The van der Waals surface area contributed by atoms with Gasteiger partial charge in [0.1, 0.15) is 5.75 Å². The Bertz CT molecular complexity index is 808. The molecule has 6 nitrogen and oxygen atoms in total. The third kappa shape index (κ3) is 5.24. The van der Waals surface area contributed by atoms with Gasteiger partial charge in [-0.3, -0.25) is 4.79 Å². The Morgan fingerprint density at radius 1 is 1.22 bits per heavy atom. The first-order valence-electron chi connectivity index (χ1n) is 8.44. The van der Waals surface area contributed by atoms with E-state index in [1.165, 1.54) is 18.2 Å². The number of nitrogens with one attached hydrogen (secondary N) is 1. The van der Waals surface area contributed by atoms with Crippen LogP contribution in [0.15, 0.2) is 48.7 Å². The molecular formula is C19H19F2N3O3. The number of rotatable bonds is 6. The second kappa shape index (κ2) is 9.09. The molecule has 0 bridgehead atoms. The third-order valence-corrected chi connectivity index (χ3v) is 3.90. The Hall–Kier alpha value is -3.00. The molecule has 0 spiro atoms. The van der Waals surface area contributed by atoms with E-state index in [0.717, 1.165) is 0 Å². The van der Waals surface area contributed by atoms with Crippen LogP contribution in [0.5, 0.6) is 5.75 Å². The largest absolute Gasteiger partial charge is 0.434 e. The lowest BCUT2D eigenvalue weighted by Gasteiger charge is -2.29. The zero-order valence-corrected chi connectivity index (χ0v) is 14.5. The summed E-state index contributed by atoms with van der Waals surface area (Å²) in [6.07, 6.45) is 4.36. The van der Waals surface area contributed by atoms with Crippen LogP contribution < -0.4 is 15.0 Å². The number of halogens is 2. The molecule has 0 radical (unpaired) electrons. The summed E-state index contributed by atoms with van der Waals surface area (Å²) < 4.78 is 34.7. The maximum absolute atomic E-state index is 12.5. The van der Waals surface area contributed by atoms with Crippen molar-refractivity contribution in [1.29, 1.82) is 0 Å². The lowest BCUT2D eigenvalue weighted by molar-refractivity contribution is -0.111. The van der Waals surface area contributed by atoms with Crippen molar-refractivity contribution in [2.45, 2.75) is 6.61 Å². The van der Waals surface area contributed by atoms with E-state index in [1.807, 2.05) is 4.90 Å². The van der Waals surface area contributed by atoms with E-state index < -0.39 is 12.5 Å². The van der Waals surface area contributed by atoms with E-state index in [1.54, 1.807) is 36.5 Å². The minimum Gasteiger partial charge on any atom is -0.434 e. The molecular weight excluding hydrogens is 356 g/mol. The summed E-state index contributed by atoms with van der Waals surface area (Å²) >= 11 is 0. The van der Waals surface area contributed by atoms with Crippen molar-refractivity contribution < 1.29 is 23.0 Å². The molecule has 1 aliphatic heterocycles. The van der Waals surface area contributed by atoms with Gasteiger partial charge in [0.25, 0.3) is 0 Å². The van der Waals surface area contributed by atoms with E-state index in [-0.39, 0.29) is 5.75 Å². The first-order valence-corrected chi connectivity index (χ1v) is 8.44. The minimum absolute atomic E-state index is 0.00642. The number of anilines is 2. The SMILES string of the molecule is O=C(/C=C/c1ccccc1OC(F)F)Nc1cccnc1N1CCOCC1. The second-order valence-electron chi connectivity index (χ2n) is 5.71. The van der Waals surface area contributed by atoms with E-state index in [0.29, 0.717) is 43.4 Å². The number of morpholine rings is 1. The fourth-order valence-corrected chi connectivity index (χ4v) is 2.68. The van der Waals surface area contributed by atoms with Crippen LogP contribution in [0, 0.1) is 0 Å². The zero-order chi connectivity index (χ0) is 19.1. The highest BCUT2D eigenvalue weighted by molar-refractivity contribution is 6.03. The molecule has 1 saturated heterocycles. The second-order valence-corrected chi connectivity index (χ2v) is 5.71. The van der Waals surface area contributed by atoms with Crippen molar-refractivity contribution >= 4 is 23.5 Å². The van der Waals surface area contributed by atoms with Gasteiger partial charge in [0.2, 0.25) is 5.91 Å². The number of nitrogens with zero attached hydrogens (tertiary/aromatic N) is 2. The molecule has 1 N–H and O–H groups in total. The quantitative estimate of drug-likeness (QED) is 0.786. The maximum Gasteiger partial charge on any atom is 0.387 e. The Labute approximate surface area is 155 Å². The molecule has 1 aliphatic rings. The van der Waals surface area contributed by atoms with Gasteiger partial charge in [0.05, 0.1) is 18.9 Å². The van der Waals surface area contributed by atoms with Crippen molar-refractivity contribution in [3.63, 3.8) is 0 Å². The van der Waals surface area contributed by atoms with Gasteiger partial charge in [-0.05, 0) is 24.3 Å². The number of alkyl halides is 2. The lowest BCUT2D eigenvalue weighted by Crippen LogP contribution is -2.37. The van der Waals surface area contributed by atoms with Gasteiger partial charge in [-0.2, -0.15) is 8.78 Å². The van der Waals surface area contributed by atoms with Crippen LogP contribution >= 0.6 is 0 Å². The molecule has 27 heavy (non-hydrogen) atoms. The molecule has 0 aliphatic carbocycles. The van der Waals surface area contributed by atoms with Crippen molar-refractivity contribution in [2.75, 3.05) is 36.5 Å². The maximum atomic E-state index is 12.5. The van der Waals surface area contributed by atoms with Crippen LogP contribution in [0.2, 0.25) is 0 Å². The zero-order valence-electron chi connectivity index (χ0n) is 14.5. The van der Waals surface area contributed by atoms with Crippen molar-refractivity contribution in [2.24, 2.45) is 0 Å². The van der Waals surface area contributed by atoms with Crippen LogP contribution in [0.4, 0.5) is 20.3 Å². The van der Waals surface area contributed by atoms with Gasteiger partial charge in [-0.25, -0.2) is 4.98 Å². The highest BCUT2D eigenvalue weighted by atomic mass is 19.3. The first-order chi connectivity index (χ1) is 13.1. The predicted octanol–water partition coefficient (Wildman–Crippen LogP) is 3.17. The van der Waals surface area contributed by atoms with Gasteiger partial charge in [0.15, 0.2) is 5.82 Å². The van der Waals surface area contributed by atoms with Crippen LogP contribution in [0.3, 0.4) is 0 Å². The number of pyridine rings is 1. The van der Waals surface area contributed by atoms with Gasteiger partial charge in [-0.1, -0.05) is 18.2 Å². The summed E-state index contributed by atoms with van der Waals surface area (Å²) in [6.45, 7) is -0.350. The summed E-state index contributed by atoms with van der Waals surface area (Å²) in [7, 11) is 0. The van der Waals surface area contributed by atoms with Gasteiger partial charge in [0, 0.05) is 30.9 Å². The standard InChI is InChI=1S/C19H19F2N3O3/c20-19(21)27-16-6-2-1-4-14(16)7-8-17(25)23-15-5-3-9-22-18(15)24-10-12-26-13-11-24/h1-9,19H,10-13H2,(H,23,25)/b8-7+. The molecule has 0 saturated carbocycles. The molecule has 1 aromatic carbocycles. The van der Waals surface area contributed by atoms with Crippen LogP contribution in [-0.4, -0.2) is 43.8 Å². The normalized spacial score (nSPS) is 14.6. The molecule has 8 heteroatoms. The number of amides is 1. The van der Waals surface area contributed by atoms with Crippen molar-refractivity contribution in [3.8, 4) is 5.75 Å². The molecule has 0 atom stereocenters. The first kappa shape index (κ1) is 18.8. The lowest BCUT2D eigenvalue weighted by atomic mass is 10.2. The molecule has 2 aromatic rings. The molecule has 2 heterocycles.